The molecular formula is C22H28N2O6. The third-order valence-electron chi connectivity index (χ3n) is 6.71. The monoisotopic (exact) mass is 416 g/mol. The summed E-state index contributed by atoms with van der Waals surface area (Å²) >= 11 is 0. The highest BCUT2D eigenvalue weighted by Gasteiger charge is 2.56. The van der Waals surface area contributed by atoms with Gasteiger partial charge in [0.1, 0.15) is 0 Å². The number of aryl methyl sites for hydroxylation is 1. The van der Waals surface area contributed by atoms with E-state index in [4.69, 9.17) is 14.2 Å². The molecule has 8 nitrogen and oxygen atoms in total. The van der Waals surface area contributed by atoms with E-state index in [1.165, 1.54) is 7.11 Å². The van der Waals surface area contributed by atoms with Crippen LogP contribution in [0.4, 0.5) is 0 Å². The predicted molar refractivity (Wildman–Crippen MR) is 107 cm³/mol. The summed E-state index contributed by atoms with van der Waals surface area (Å²) in [6.45, 7) is 3.80. The smallest absolute Gasteiger partial charge is 0.311 e. The Morgan fingerprint density at radius 2 is 1.93 bits per heavy atom. The van der Waals surface area contributed by atoms with Crippen LogP contribution in [0.15, 0.2) is 18.2 Å². The fourth-order valence-electron chi connectivity index (χ4n) is 5.12. The Kier molecular flexibility index (Phi) is 5.58. The lowest BCUT2D eigenvalue weighted by atomic mass is 9.76. The molecule has 162 valence electrons. The van der Waals surface area contributed by atoms with Crippen LogP contribution in [0.5, 0.6) is 11.5 Å². The topological polar surface area (TPSA) is 85.4 Å². The van der Waals surface area contributed by atoms with E-state index in [2.05, 4.69) is 0 Å². The first-order valence-electron chi connectivity index (χ1n) is 10.5. The summed E-state index contributed by atoms with van der Waals surface area (Å²) in [7, 11) is 1.36. The fourth-order valence-corrected chi connectivity index (χ4v) is 5.12. The second-order valence-electron chi connectivity index (χ2n) is 8.09. The SMILES string of the molecule is CCN1C(=O)CC(C(=O)OC)C12CCN(C(=O)CCc1ccc3c(c1)OCO3)CC2. The maximum atomic E-state index is 12.8. The van der Waals surface area contributed by atoms with Crippen LogP contribution in [0.3, 0.4) is 0 Å². The summed E-state index contributed by atoms with van der Waals surface area (Å²) in [5.74, 6) is 0.750. The molecule has 1 spiro atoms. The molecule has 0 aromatic heterocycles. The average molecular weight is 416 g/mol. The van der Waals surface area contributed by atoms with Crippen LogP contribution < -0.4 is 9.47 Å². The van der Waals surface area contributed by atoms with Crippen molar-refractivity contribution in [1.82, 2.24) is 9.80 Å². The molecule has 3 aliphatic heterocycles. The van der Waals surface area contributed by atoms with Crippen molar-refractivity contribution in [2.75, 3.05) is 33.5 Å². The van der Waals surface area contributed by atoms with Gasteiger partial charge < -0.3 is 24.0 Å². The number of likely N-dealkylation sites (tertiary alicyclic amines) is 2. The van der Waals surface area contributed by atoms with Gasteiger partial charge in [0.2, 0.25) is 18.6 Å². The molecule has 8 heteroatoms. The number of carbonyl (C=O) groups is 3. The fraction of sp³-hybridized carbons (Fsp3) is 0.591. The van der Waals surface area contributed by atoms with E-state index in [1.54, 1.807) is 0 Å². The van der Waals surface area contributed by atoms with E-state index in [0.29, 0.717) is 45.3 Å². The molecule has 1 aromatic carbocycles. The van der Waals surface area contributed by atoms with Crippen molar-refractivity contribution in [3.05, 3.63) is 23.8 Å². The Morgan fingerprint density at radius 1 is 1.20 bits per heavy atom. The largest absolute Gasteiger partial charge is 0.469 e. The minimum absolute atomic E-state index is 0.00418. The van der Waals surface area contributed by atoms with Crippen LogP contribution in [0, 0.1) is 5.92 Å². The highest BCUT2D eigenvalue weighted by atomic mass is 16.7. The van der Waals surface area contributed by atoms with E-state index in [9.17, 15) is 14.4 Å². The van der Waals surface area contributed by atoms with Gasteiger partial charge in [0.15, 0.2) is 11.5 Å². The zero-order chi connectivity index (χ0) is 21.3. The van der Waals surface area contributed by atoms with Crippen molar-refractivity contribution < 1.29 is 28.6 Å². The van der Waals surface area contributed by atoms with Gasteiger partial charge in [-0.1, -0.05) is 6.07 Å². The number of methoxy groups -OCH3 is 1. The molecular weight excluding hydrogens is 388 g/mol. The second kappa shape index (κ2) is 8.16. The average Bonchev–Trinajstić information content (AvgIpc) is 3.33. The molecule has 2 fully saturated rings. The highest BCUT2D eigenvalue weighted by Crippen LogP contribution is 2.44. The number of benzene rings is 1. The van der Waals surface area contributed by atoms with Gasteiger partial charge in [-0.05, 0) is 43.9 Å². The number of esters is 1. The van der Waals surface area contributed by atoms with Crippen LogP contribution in [0.25, 0.3) is 0 Å². The van der Waals surface area contributed by atoms with E-state index >= 15 is 0 Å². The number of hydrogen-bond acceptors (Lipinski definition) is 6. The number of piperidine rings is 1. The summed E-state index contributed by atoms with van der Waals surface area (Å²) in [6, 6.07) is 5.75. The molecule has 0 aliphatic carbocycles. The first-order valence-corrected chi connectivity index (χ1v) is 10.5. The first-order chi connectivity index (χ1) is 14.5. The molecule has 0 radical (unpaired) electrons. The molecule has 0 bridgehead atoms. The lowest BCUT2D eigenvalue weighted by Crippen LogP contribution is -2.58. The third kappa shape index (κ3) is 3.48. The Bertz CT molecular complexity index is 844. The second-order valence-corrected chi connectivity index (χ2v) is 8.09. The molecule has 30 heavy (non-hydrogen) atoms. The summed E-state index contributed by atoms with van der Waals surface area (Å²) in [5, 5.41) is 0. The van der Waals surface area contributed by atoms with Crippen LogP contribution in [-0.2, 0) is 25.5 Å². The van der Waals surface area contributed by atoms with E-state index < -0.39 is 11.5 Å². The maximum Gasteiger partial charge on any atom is 0.311 e. The van der Waals surface area contributed by atoms with Crippen LogP contribution >= 0.6 is 0 Å². The van der Waals surface area contributed by atoms with E-state index in [1.807, 2.05) is 34.9 Å². The number of fused-ring (bicyclic) bond motifs is 1. The van der Waals surface area contributed by atoms with Crippen molar-refractivity contribution in [1.29, 1.82) is 0 Å². The molecule has 2 amide bonds. The molecule has 0 N–H and O–H groups in total. The highest BCUT2D eigenvalue weighted by molar-refractivity contribution is 5.89. The van der Waals surface area contributed by atoms with Crippen LogP contribution in [0.1, 0.15) is 38.2 Å². The molecule has 2 saturated heterocycles. The standard InChI is InChI=1S/C22H28N2O6/c1-3-24-20(26)13-16(21(27)28-2)22(24)8-10-23(11-9-22)19(25)7-5-15-4-6-17-18(12-15)30-14-29-17/h4,6,12,16H,3,5,7-11,13-14H2,1-2H3. The normalized spacial score (nSPS) is 21.9. The Morgan fingerprint density at radius 3 is 2.63 bits per heavy atom. The van der Waals surface area contributed by atoms with Crippen molar-refractivity contribution in [2.24, 2.45) is 5.92 Å². The summed E-state index contributed by atoms with van der Waals surface area (Å²) in [6.07, 6.45) is 2.42. The summed E-state index contributed by atoms with van der Waals surface area (Å²) in [5.41, 5.74) is 0.498. The third-order valence-corrected chi connectivity index (χ3v) is 6.71. The predicted octanol–water partition coefficient (Wildman–Crippen LogP) is 1.75. The minimum atomic E-state index is -0.535. The molecule has 3 aliphatic rings. The molecule has 1 atom stereocenters. The van der Waals surface area contributed by atoms with E-state index in [0.717, 1.165) is 17.1 Å². The van der Waals surface area contributed by atoms with Gasteiger partial charge in [-0.3, -0.25) is 14.4 Å². The number of ether oxygens (including phenoxy) is 3. The van der Waals surface area contributed by atoms with Crippen molar-refractivity contribution in [3.63, 3.8) is 0 Å². The minimum Gasteiger partial charge on any atom is -0.469 e. The van der Waals surface area contributed by atoms with Crippen molar-refractivity contribution >= 4 is 17.8 Å². The molecule has 4 rings (SSSR count). The molecule has 1 aromatic rings. The van der Waals surface area contributed by atoms with Gasteiger partial charge in [0.05, 0.1) is 18.6 Å². The number of rotatable bonds is 5. The van der Waals surface area contributed by atoms with Gasteiger partial charge in [0.25, 0.3) is 0 Å². The summed E-state index contributed by atoms with van der Waals surface area (Å²) < 4.78 is 15.7. The number of amides is 2. The lowest BCUT2D eigenvalue weighted by molar-refractivity contribution is -0.150. The zero-order valence-corrected chi connectivity index (χ0v) is 17.5. The van der Waals surface area contributed by atoms with E-state index in [-0.39, 0.29) is 31.0 Å². The number of carbonyl (C=O) groups excluding carboxylic acids is 3. The lowest BCUT2D eigenvalue weighted by Gasteiger charge is -2.46. The quantitative estimate of drug-likeness (QED) is 0.680. The number of hydrogen-bond donors (Lipinski definition) is 0. The summed E-state index contributed by atoms with van der Waals surface area (Å²) in [4.78, 5) is 41.3. The van der Waals surface area contributed by atoms with Crippen molar-refractivity contribution in [3.8, 4) is 11.5 Å². The van der Waals surface area contributed by atoms with Crippen molar-refractivity contribution in [2.45, 2.75) is 44.6 Å². The van der Waals surface area contributed by atoms with Gasteiger partial charge in [-0.15, -0.1) is 0 Å². The number of nitrogens with zero attached hydrogens (tertiary/aromatic N) is 2. The maximum absolute atomic E-state index is 12.8. The van der Waals surface area contributed by atoms with Gasteiger partial charge in [-0.2, -0.15) is 0 Å². The Hall–Kier alpha value is -2.77. The molecule has 3 heterocycles. The Balaban J connectivity index is 1.37. The van der Waals surface area contributed by atoms with Gasteiger partial charge >= 0.3 is 5.97 Å². The van der Waals surface area contributed by atoms with Crippen LogP contribution in [0.2, 0.25) is 0 Å². The van der Waals surface area contributed by atoms with Crippen LogP contribution in [-0.4, -0.2) is 66.7 Å². The van der Waals surface area contributed by atoms with Gasteiger partial charge in [-0.25, -0.2) is 0 Å². The molecule has 0 saturated carbocycles. The molecule has 1 unspecified atom stereocenters. The van der Waals surface area contributed by atoms with Gasteiger partial charge in [0, 0.05) is 32.5 Å². The first kappa shape index (κ1) is 20.5. The Labute approximate surface area is 176 Å². The zero-order valence-electron chi connectivity index (χ0n) is 17.5.